The minimum Gasteiger partial charge on any atom is -0.481 e. The topological polar surface area (TPSA) is 141 Å². The van der Waals surface area contributed by atoms with Gasteiger partial charge in [-0.05, 0) is 36.6 Å². The minimum absolute atomic E-state index is 0.300. The van der Waals surface area contributed by atoms with Gasteiger partial charge < -0.3 is 30.4 Å². The number of nitrogens with two attached hydrogens (primary N) is 1. The zero-order chi connectivity index (χ0) is 23.9. The Morgan fingerprint density at radius 3 is 2.68 bits per heavy atom. The maximum Gasteiger partial charge on any atom is 0.409 e. The Morgan fingerprint density at radius 2 is 1.94 bits per heavy atom. The van der Waals surface area contributed by atoms with E-state index in [1.165, 1.54) is 45.4 Å². The summed E-state index contributed by atoms with van der Waals surface area (Å²) in [4.78, 5) is 18.8. The molecule has 1 aliphatic heterocycles. The zero-order valence-electron chi connectivity index (χ0n) is 19.0. The van der Waals surface area contributed by atoms with E-state index in [1.807, 2.05) is 12.1 Å². The lowest BCUT2D eigenvalue weighted by molar-refractivity contribution is 0.174. The van der Waals surface area contributed by atoms with Gasteiger partial charge in [-0.25, -0.2) is 9.78 Å². The number of anilines is 2. The number of carboxylic acid groups (broad SMARTS) is 1. The molecule has 0 spiro atoms. The molecule has 0 unspecified atom stereocenters. The van der Waals surface area contributed by atoms with Crippen LogP contribution in [0.2, 0.25) is 0 Å². The van der Waals surface area contributed by atoms with Crippen molar-refractivity contribution in [3.8, 4) is 17.4 Å². The maximum absolute atomic E-state index is 10.6. The number of methoxy groups -OCH3 is 1. The lowest BCUT2D eigenvalue weighted by Crippen LogP contribution is -2.30. The van der Waals surface area contributed by atoms with Crippen molar-refractivity contribution in [2.75, 3.05) is 25.0 Å². The molecule has 1 aromatic carbocycles. The molecule has 3 aromatic rings. The van der Waals surface area contributed by atoms with Crippen LogP contribution in [0.1, 0.15) is 37.7 Å². The third kappa shape index (κ3) is 5.76. The van der Waals surface area contributed by atoms with Crippen LogP contribution in [-0.4, -0.2) is 41.1 Å². The first kappa shape index (κ1) is 23.4. The van der Waals surface area contributed by atoms with Crippen LogP contribution in [0.5, 0.6) is 17.4 Å². The fraction of sp³-hybridized carbons (Fsp3) is 0.375. The van der Waals surface area contributed by atoms with Gasteiger partial charge in [-0.3, -0.25) is 10.3 Å². The summed E-state index contributed by atoms with van der Waals surface area (Å²) >= 11 is 0. The van der Waals surface area contributed by atoms with E-state index in [0.29, 0.717) is 35.4 Å². The van der Waals surface area contributed by atoms with Crippen LogP contribution in [0, 0.1) is 0 Å². The number of fused-ring (bicyclic) bond motifs is 2. The Morgan fingerprint density at radius 1 is 1.18 bits per heavy atom. The average molecular weight is 468 g/mol. The molecule has 34 heavy (non-hydrogen) atoms. The first-order valence-corrected chi connectivity index (χ1v) is 11.2. The van der Waals surface area contributed by atoms with Crippen LogP contribution in [0.25, 0.3) is 11.0 Å². The molecule has 1 saturated carbocycles. The van der Waals surface area contributed by atoms with Gasteiger partial charge in [0.15, 0.2) is 11.5 Å². The van der Waals surface area contributed by atoms with Gasteiger partial charge in [0.25, 0.3) is 0 Å². The lowest BCUT2D eigenvalue weighted by Gasteiger charge is -2.23. The number of nitrogens with one attached hydrogen (secondary N) is 2. The molecule has 0 saturated heterocycles. The van der Waals surface area contributed by atoms with E-state index in [-0.39, 0.29) is 0 Å². The van der Waals surface area contributed by atoms with Crippen LogP contribution in [0.4, 0.5) is 16.2 Å². The molecule has 0 atom stereocenters. The number of benzene rings is 1. The van der Waals surface area contributed by atoms with Gasteiger partial charge in [-0.2, -0.15) is 0 Å². The predicted molar refractivity (Wildman–Crippen MR) is 128 cm³/mol. The smallest absolute Gasteiger partial charge is 0.409 e. The molecule has 1 aliphatic carbocycles. The Labute approximate surface area is 197 Å². The van der Waals surface area contributed by atoms with E-state index in [2.05, 4.69) is 20.6 Å². The number of ether oxygens (including phenoxy) is 3. The summed E-state index contributed by atoms with van der Waals surface area (Å²) in [5.41, 5.74) is 9.37. The molecular weight excluding hydrogens is 438 g/mol. The second-order valence-corrected chi connectivity index (χ2v) is 8.13. The average Bonchev–Trinajstić information content (AvgIpc) is 3.30. The molecule has 5 N–H and O–H groups in total. The van der Waals surface area contributed by atoms with Gasteiger partial charge in [-0.15, -0.1) is 0 Å². The van der Waals surface area contributed by atoms with Crippen LogP contribution < -0.4 is 30.6 Å². The number of aromatic nitrogens is 2. The van der Waals surface area contributed by atoms with Crippen LogP contribution in [0.3, 0.4) is 0 Å². The minimum atomic E-state index is -1.14. The molecular formula is C24H29N5O5. The summed E-state index contributed by atoms with van der Waals surface area (Å²) in [5, 5.41) is 14.5. The quantitative estimate of drug-likeness (QED) is 0.407. The Balaban J connectivity index is 0.000000162. The fourth-order valence-corrected chi connectivity index (χ4v) is 4.05. The third-order valence-electron chi connectivity index (χ3n) is 5.83. The van der Waals surface area contributed by atoms with E-state index in [4.69, 9.17) is 25.1 Å². The SMILES string of the molecule is COc1ccc2nccc(NC(=O)O)c2n1.Nc1cc2c(cc1CNC1CCCCC1)OCO2. The van der Waals surface area contributed by atoms with Gasteiger partial charge in [0.2, 0.25) is 12.7 Å². The van der Waals surface area contributed by atoms with Gasteiger partial charge in [0.1, 0.15) is 5.52 Å². The number of hydrogen-bond acceptors (Lipinski definition) is 8. The Hall–Kier alpha value is -3.79. The summed E-state index contributed by atoms with van der Waals surface area (Å²) in [5.74, 6) is 1.98. The largest absolute Gasteiger partial charge is 0.481 e. The summed E-state index contributed by atoms with van der Waals surface area (Å²) in [7, 11) is 1.49. The Bertz CT molecular complexity index is 1150. The predicted octanol–water partition coefficient (Wildman–Crippen LogP) is 4.15. The monoisotopic (exact) mass is 467 g/mol. The summed E-state index contributed by atoms with van der Waals surface area (Å²) in [6.07, 6.45) is 7.00. The van der Waals surface area contributed by atoms with Crippen LogP contribution in [-0.2, 0) is 6.54 Å². The fourth-order valence-electron chi connectivity index (χ4n) is 4.05. The first-order valence-electron chi connectivity index (χ1n) is 11.2. The van der Waals surface area contributed by atoms with E-state index < -0.39 is 6.09 Å². The standard InChI is InChI=1S/C14H20N2O2.C10H9N3O3/c15-12-7-14-13(17-9-18-14)6-10(12)8-16-11-4-2-1-3-5-11;1-16-8-3-2-6-9(13-8)7(4-5-11-6)12-10(14)15/h6-7,11,16H,1-5,8-9,15H2;2-5H,1H3,(H,11,12)(H,14,15). The number of nitrogens with zero attached hydrogens (tertiary/aromatic N) is 2. The number of nitrogen functional groups attached to an aromatic ring is 1. The maximum atomic E-state index is 10.6. The molecule has 3 heterocycles. The number of pyridine rings is 2. The molecule has 10 heteroatoms. The molecule has 2 aliphatic rings. The van der Waals surface area contributed by atoms with E-state index in [1.54, 1.807) is 18.2 Å². The highest BCUT2D eigenvalue weighted by Crippen LogP contribution is 2.36. The summed E-state index contributed by atoms with van der Waals surface area (Å²) in [6, 6.07) is 9.42. The van der Waals surface area contributed by atoms with E-state index in [9.17, 15) is 4.79 Å². The molecule has 10 nitrogen and oxygen atoms in total. The highest BCUT2D eigenvalue weighted by molar-refractivity contribution is 5.95. The van der Waals surface area contributed by atoms with Gasteiger partial charge in [0.05, 0.1) is 18.3 Å². The van der Waals surface area contributed by atoms with Gasteiger partial charge in [-0.1, -0.05) is 19.3 Å². The summed E-state index contributed by atoms with van der Waals surface area (Å²) < 4.78 is 15.7. The molecule has 180 valence electrons. The van der Waals surface area contributed by atoms with Crippen molar-refractivity contribution in [1.82, 2.24) is 15.3 Å². The van der Waals surface area contributed by atoms with Crippen LogP contribution in [0.15, 0.2) is 36.5 Å². The molecule has 2 aromatic heterocycles. The molecule has 5 rings (SSSR count). The second-order valence-electron chi connectivity index (χ2n) is 8.13. The molecule has 1 amide bonds. The van der Waals surface area contributed by atoms with Crippen molar-refractivity contribution < 1.29 is 24.1 Å². The van der Waals surface area contributed by atoms with E-state index >= 15 is 0 Å². The van der Waals surface area contributed by atoms with Crippen molar-refractivity contribution in [2.24, 2.45) is 0 Å². The normalized spacial score (nSPS) is 14.9. The number of amides is 1. The molecule has 0 radical (unpaired) electrons. The number of carbonyl (C=O) groups is 1. The van der Waals surface area contributed by atoms with Crippen molar-refractivity contribution in [1.29, 1.82) is 0 Å². The van der Waals surface area contributed by atoms with E-state index in [0.717, 1.165) is 29.3 Å². The van der Waals surface area contributed by atoms with Crippen molar-refractivity contribution in [3.63, 3.8) is 0 Å². The van der Waals surface area contributed by atoms with Crippen molar-refractivity contribution in [2.45, 2.75) is 44.7 Å². The lowest BCUT2D eigenvalue weighted by atomic mass is 9.95. The van der Waals surface area contributed by atoms with Crippen molar-refractivity contribution >= 4 is 28.5 Å². The van der Waals surface area contributed by atoms with Crippen LogP contribution >= 0.6 is 0 Å². The second kappa shape index (κ2) is 10.9. The highest BCUT2D eigenvalue weighted by atomic mass is 16.7. The molecule has 1 fully saturated rings. The van der Waals surface area contributed by atoms with Gasteiger partial charge >= 0.3 is 6.09 Å². The first-order chi connectivity index (χ1) is 16.5. The molecule has 0 bridgehead atoms. The highest BCUT2D eigenvalue weighted by Gasteiger charge is 2.17. The third-order valence-corrected chi connectivity index (χ3v) is 5.83. The summed E-state index contributed by atoms with van der Waals surface area (Å²) in [6.45, 7) is 1.11. The zero-order valence-corrected chi connectivity index (χ0v) is 19.0. The van der Waals surface area contributed by atoms with Crippen molar-refractivity contribution in [3.05, 3.63) is 42.1 Å². The Kier molecular flexibility index (Phi) is 7.48. The van der Waals surface area contributed by atoms with Gasteiger partial charge in [0, 0.05) is 36.6 Å². The number of hydrogen-bond donors (Lipinski definition) is 4. The number of rotatable bonds is 5.